The molecule has 1 rings (SSSR count). The van der Waals surface area contributed by atoms with E-state index in [1.54, 1.807) is 0 Å². The third kappa shape index (κ3) is 2.19. The lowest BCUT2D eigenvalue weighted by Gasteiger charge is -2.22. The Morgan fingerprint density at radius 1 is 1.79 bits per heavy atom. The van der Waals surface area contributed by atoms with Crippen LogP contribution in [0, 0.1) is 5.92 Å². The van der Waals surface area contributed by atoms with Crippen LogP contribution in [0.25, 0.3) is 0 Å². The number of nitrogens with two attached hydrogens (primary N) is 1. The van der Waals surface area contributed by atoms with E-state index in [0.717, 1.165) is 0 Å². The van der Waals surface area contributed by atoms with Crippen molar-refractivity contribution in [2.24, 2.45) is 11.7 Å². The first-order valence-electron chi connectivity index (χ1n) is 4.43. The molecule has 0 aliphatic carbocycles. The van der Waals surface area contributed by atoms with Gasteiger partial charge in [0.25, 0.3) is 0 Å². The molecule has 1 unspecified atom stereocenters. The van der Waals surface area contributed by atoms with Gasteiger partial charge in [0.05, 0.1) is 0 Å². The molecular weight excluding hydrogens is 204 g/mol. The van der Waals surface area contributed by atoms with Crippen LogP contribution in [-0.2, 0) is 9.59 Å². The largest absolute Gasteiger partial charge is 0.480 e. The second kappa shape index (κ2) is 4.65. The van der Waals surface area contributed by atoms with Gasteiger partial charge in [0.1, 0.15) is 6.04 Å². The summed E-state index contributed by atoms with van der Waals surface area (Å²) in [4.78, 5) is 23.6. The van der Waals surface area contributed by atoms with E-state index in [9.17, 15) is 9.59 Å². The van der Waals surface area contributed by atoms with E-state index >= 15 is 0 Å². The number of carboxylic acid groups (broad SMARTS) is 1. The third-order valence-corrected chi connectivity index (χ3v) is 2.75. The maximum atomic E-state index is 11.4. The van der Waals surface area contributed by atoms with Crippen LogP contribution in [0.4, 0.5) is 0 Å². The molecule has 1 heterocycles. The molecule has 0 aromatic carbocycles. The standard InChI is InChI=1S/C8H14N2O3S/c9-2-5-1-7(11)10(3-5)6(4-14)8(12)13/h5-6,14H,1-4,9H2,(H,12,13)/t5?,6-/m0/s1. The summed E-state index contributed by atoms with van der Waals surface area (Å²) in [6, 6.07) is -0.817. The van der Waals surface area contributed by atoms with Crippen molar-refractivity contribution in [3.05, 3.63) is 0 Å². The summed E-state index contributed by atoms with van der Waals surface area (Å²) in [5.74, 6) is -0.921. The molecule has 1 saturated heterocycles. The summed E-state index contributed by atoms with van der Waals surface area (Å²) < 4.78 is 0. The molecule has 1 fully saturated rings. The topological polar surface area (TPSA) is 83.6 Å². The van der Waals surface area contributed by atoms with Gasteiger partial charge in [0, 0.05) is 18.7 Å². The number of carboxylic acids is 1. The molecule has 80 valence electrons. The lowest BCUT2D eigenvalue weighted by Crippen LogP contribution is -2.43. The van der Waals surface area contributed by atoms with Gasteiger partial charge in [0.2, 0.25) is 5.91 Å². The maximum Gasteiger partial charge on any atom is 0.327 e. The average Bonchev–Trinajstić information content (AvgIpc) is 2.48. The normalized spacial score (nSPS) is 24.0. The zero-order chi connectivity index (χ0) is 10.7. The number of rotatable bonds is 4. The Bertz CT molecular complexity index is 247. The van der Waals surface area contributed by atoms with Crippen molar-refractivity contribution in [3.63, 3.8) is 0 Å². The highest BCUT2D eigenvalue weighted by molar-refractivity contribution is 7.80. The monoisotopic (exact) mass is 218 g/mol. The van der Waals surface area contributed by atoms with E-state index in [1.165, 1.54) is 4.90 Å². The number of likely N-dealkylation sites (tertiary alicyclic amines) is 1. The van der Waals surface area contributed by atoms with Crippen LogP contribution >= 0.6 is 12.6 Å². The highest BCUT2D eigenvalue weighted by Crippen LogP contribution is 2.19. The van der Waals surface area contributed by atoms with Crippen molar-refractivity contribution in [2.75, 3.05) is 18.8 Å². The van der Waals surface area contributed by atoms with Crippen LogP contribution in [0.2, 0.25) is 0 Å². The summed E-state index contributed by atoms with van der Waals surface area (Å²) in [5, 5.41) is 8.84. The molecule has 1 aliphatic rings. The second-order valence-electron chi connectivity index (χ2n) is 3.39. The van der Waals surface area contributed by atoms with E-state index in [-0.39, 0.29) is 17.6 Å². The van der Waals surface area contributed by atoms with Gasteiger partial charge in [-0.1, -0.05) is 0 Å². The lowest BCUT2D eigenvalue weighted by molar-refractivity contribution is -0.147. The van der Waals surface area contributed by atoms with Crippen molar-refractivity contribution >= 4 is 24.5 Å². The molecule has 0 spiro atoms. The van der Waals surface area contributed by atoms with Crippen molar-refractivity contribution in [1.29, 1.82) is 0 Å². The van der Waals surface area contributed by atoms with Gasteiger partial charge >= 0.3 is 5.97 Å². The van der Waals surface area contributed by atoms with Gasteiger partial charge in [-0.05, 0) is 12.5 Å². The smallest absolute Gasteiger partial charge is 0.327 e. The van der Waals surface area contributed by atoms with E-state index in [4.69, 9.17) is 10.8 Å². The van der Waals surface area contributed by atoms with Crippen molar-refractivity contribution in [2.45, 2.75) is 12.5 Å². The van der Waals surface area contributed by atoms with Crippen LogP contribution in [-0.4, -0.2) is 46.8 Å². The Labute approximate surface area is 87.7 Å². The first-order valence-corrected chi connectivity index (χ1v) is 5.06. The summed E-state index contributed by atoms with van der Waals surface area (Å²) in [5.41, 5.74) is 5.43. The summed E-state index contributed by atoms with van der Waals surface area (Å²) in [7, 11) is 0. The Morgan fingerprint density at radius 3 is 2.79 bits per heavy atom. The molecular formula is C8H14N2O3S. The van der Waals surface area contributed by atoms with E-state index < -0.39 is 12.0 Å². The molecule has 0 radical (unpaired) electrons. The molecule has 3 N–H and O–H groups in total. The fourth-order valence-electron chi connectivity index (χ4n) is 1.58. The highest BCUT2D eigenvalue weighted by atomic mass is 32.1. The number of aliphatic carboxylic acids is 1. The zero-order valence-electron chi connectivity index (χ0n) is 7.72. The van der Waals surface area contributed by atoms with Crippen LogP contribution in [0.3, 0.4) is 0 Å². The van der Waals surface area contributed by atoms with Crippen molar-refractivity contribution < 1.29 is 14.7 Å². The van der Waals surface area contributed by atoms with Crippen LogP contribution in [0.5, 0.6) is 0 Å². The highest BCUT2D eigenvalue weighted by Gasteiger charge is 2.36. The predicted octanol–water partition coefficient (Wildman–Crippen LogP) is -0.823. The molecule has 1 aliphatic heterocycles. The van der Waals surface area contributed by atoms with Gasteiger partial charge in [0.15, 0.2) is 0 Å². The quantitative estimate of drug-likeness (QED) is 0.538. The van der Waals surface area contributed by atoms with Gasteiger partial charge in [-0.3, -0.25) is 4.79 Å². The van der Waals surface area contributed by atoms with Crippen molar-refractivity contribution in [3.8, 4) is 0 Å². The van der Waals surface area contributed by atoms with Gasteiger partial charge in [-0.15, -0.1) is 0 Å². The molecule has 1 amide bonds. The van der Waals surface area contributed by atoms with Gasteiger partial charge in [-0.25, -0.2) is 4.79 Å². The molecule has 2 atom stereocenters. The van der Waals surface area contributed by atoms with Crippen LogP contribution < -0.4 is 5.73 Å². The Hall–Kier alpha value is -0.750. The molecule has 6 heteroatoms. The fraction of sp³-hybridized carbons (Fsp3) is 0.750. The van der Waals surface area contributed by atoms with E-state index in [0.29, 0.717) is 19.5 Å². The number of hydrogen-bond donors (Lipinski definition) is 3. The van der Waals surface area contributed by atoms with Gasteiger partial charge in [-0.2, -0.15) is 12.6 Å². The first-order chi connectivity index (χ1) is 6.60. The Morgan fingerprint density at radius 2 is 2.43 bits per heavy atom. The van der Waals surface area contributed by atoms with E-state index in [2.05, 4.69) is 12.6 Å². The minimum atomic E-state index is -1.01. The van der Waals surface area contributed by atoms with Crippen LogP contribution in [0.1, 0.15) is 6.42 Å². The summed E-state index contributed by atoms with van der Waals surface area (Å²) in [6.07, 6.45) is 0.355. The minimum Gasteiger partial charge on any atom is -0.480 e. The number of thiol groups is 1. The first kappa shape index (κ1) is 11.3. The predicted molar refractivity (Wildman–Crippen MR) is 54.2 cm³/mol. The lowest BCUT2D eigenvalue weighted by atomic mass is 10.1. The molecule has 0 aromatic rings. The van der Waals surface area contributed by atoms with Crippen molar-refractivity contribution in [1.82, 2.24) is 4.90 Å². The molecule has 14 heavy (non-hydrogen) atoms. The Kier molecular flexibility index (Phi) is 3.77. The maximum absolute atomic E-state index is 11.4. The molecule has 0 aromatic heterocycles. The summed E-state index contributed by atoms with van der Waals surface area (Å²) in [6.45, 7) is 0.855. The molecule has 0 saturated carbocycles. The Balaban J connectivity index is 2.68. The van der Waals surface area contributed by atoms with Gasteiger partial charge < -0.3 is 15.7 Å². The SMILES string of the molecule is NCC1CC(=O)N([C@@H](CS)C(=O)O)C1. The zero-order valence-corrected chi connectivity index (χ0v) is 8.61. The summed E-state index contributed by atoms with van der Waals surface area (Å²) >= 11 is 3.92. The average molecular weight is 218 g/mol. The second-order valence-corrected chi connectivity index (χ2v) is 3.75. The van der Waals surface area contributed by atoms with Crippen LogP contribution in [0.15, 0.2) is 0 Å². The number of carbonyl (C=O) groups excluding carboxylic acids is 1. The number of amides is 1. The number of nitrogens with zero attached hydrogens (tertiary/aromatic N) is 1. The minimum absolute atomic E-state index is 0.0873. The fourth-order valence-corrected chi connectivity index (χ4v) is 1.93. The van der Waals surface area contributed by atoms with E-state index in [1.807, 2.05) is 0 Å². The molecule has 5 nitrogen and oxygen atoms in total. The number of hydrogen-bond acceptors (Lipinski definition) is 4. The molecule has 0 bridgehead atoms. The number of carbonyl (C=O) groups is 2. The third-order valence-electron chi connectivity index (χ3n) is 2.41.